The normalized spacial score (nSPS) is 9.95. The molecule has 2 aromatic rings. The van der Waals surface area contributed by atoms with Gasteiger partial charge in [-0.2, -0.15) is 0 Å². The molecular formula is C14H17N5O2S. The highest BCUT2D eigenvalue weighted by atomic mass is 32.1. The van der Waals surface area contributed by atoms with Crippen LogP contribution >= 0.6 is 11.3 Å². The Hall–Kier alpha value is -2.61. The van der Waals surface area contributed by atoms with Crippen LogP contribution in [0.15, 0.2) is 24.3 Å². The third kappa shape index (κ3) is 4.19. The standard InChI is InChI=1S/C14H17N5O2S/c1-8-9(2)22-14(16-8)19-12(15)18-13(20)17-10-5-4-6-11(7-10)21-3/h4-7H,1-3H3,(H4,15,16,17,18,19,20). The number of ether oxygens (including phenoxy) is 1. The van der Waals surface area contributed by atoms with Crippen molar-refractivity contribution in [3.05, 3.63) is 34.8 Å². The lowest BCUT2D eigenvalue weighted by atomic mass is 10.3. The first kappa shape index (κ1) is 15.8. The monoisotopic (exact) mass is 319 g/mol. The maximum Gasteiger partial charge on any atom is 0.325 e. The molecule has 0 atom stereocenters. The highest BCUT2D eigenvalue weighted by Gasteiger charge is 2.09. The number of nitrogens with zero attached hydrogens (tertiary/aromatic N) is 1. The molecule has 2 rings (SSSR count). The van der Waals surface area contributed by atoms with Gasteiger partial charge in [-0.05, 0) is 26.0 Å². The molecule has 0 unspecified atom stereocenters. The summed E-state index contributed by atoms with van der Waals surface area (Å²) in [6, 6.07) is 6.44. The molecule has 0 bridgehead atoms. The van der Waals surface area contributed by atoms with Crippen LogP contribution in [0.2, 0.25) is 0 Å². The van der Waals surface area contributed by atoms with E-state index >= 15 is 0 Å². The second-order valence-corrected chi connectivity index (χ2v) is 5.67. The SMILES string of the molecule is COc1cccc(NC(=O)NC(=N)Nc2nc(C)c(C)s2)c1. The largest absolute Gasteiger partial charge is 0.497 e. The summed E-state index contributed by atoms with van der Waals surface area (Å²) in [6.45, 7) is 3.84. The van der Waals surface area contributed by atoms with Crippen molar-refractivity contribution in [2.75, 3.05) is 17.7 Å². The molecule has 4 N–H and O–H groups in total. The van der Waals surface area contributed by atoms with E-state index in [0.29, 0.717) is 16.6 Å². The number of guanidine groups is 1. The number of aromatic nitrogens is 1. The Morgan fingerprint density at radius 2 is 2.09 bits per heavy atom. The van der Waals surface area contributed by atoms with Crippen LogP contribution in [-0.2, 0) is 0 Å². The Morgan fingerprint density at radius 3 is 2.73 bits per heavy atom. The van der Waals surface area contributed by atoms with Gasteiger partial charge in [0, 0.05) is 16.6 Å². The topological polar surface area (TPSA) is 99.1 Å². The van der Waals surface area contributed by atoms with Crippen LogP contribution in [0.25, 0.3) is 0 Å². The van der Waals surface area contributed by atoms with Crippen LogP contribution in [-0.4, -0.2) is 24.1 Å². The van der Waals surface area contributed by atoms with Gasteiger partial charge in [0.1, 0.15) is 5.75 Å². The number of amides is 2. The molecule has 0 saturated heterocycles. The summed E-state index contributed by atoms with van der Waals surface area (Å²) in [5.74, 6) is 0.494. The van der Waals surface area contributed by atoms with Crippen LogP contribution in [0.1, 0.15) is 10.6 Å². The zero-order valence-electron chi connectivity index (χ0n) is 12.5. The zero-order valence-corrected chi connectivity index (χ0v) is 13.3. The third-order valence-electron chi connectivity index (χ3n) is 2.83. The molecule has 1 aromatic carbocycles. The third-order valence-corrected chi connectivity index (χ3v) is 3.81. The second-order valence-electron chi connectivity index (χ2n) is 4.47. The number of aryl methyl sites for hydroxylation is 2. The van der Waals surface area contributed by atoms with Gasteiger partial charge >= 0.3 is 6.03 Å². The van der Waals surface area contributed by atoms with Crippen molar-refractivity contribution in [3.8, 4) is 5.75 Å². The smallest absolute Gasteiger partial charge is 0.325 e. The van der Waals surface area contributed by atoms with E-state index in [0.717, 1.165) is 10.6 Å². The van der Waals surface area contributed by atoms with E-state index in [2.05, 4.69) is 20.9 Å². The van der Waals surface area contributed by atoms with Crippen molar-refractivity contribution >= 4 is 34.1 Å². The number of urea groups is 1. The predicted octanol–water partition coefficient (Wildman–Crippen LogP) is 2.94. The molecule has 0 aliphatic rings. The average Bonchev–Trinajstić information content (AvgIpc) is 2.76. The van der Waals surface area contributed by atoms with Crippen molar-refractivity contribution in [2.45, 2.75) is 13.8 Å². The molecule has 1 heterocycles. The lowest BCUT2D eigenvalue weighted by molar-refractivity contribution is 0.256. The van der Waals surface area contributed by atoms with Gasteiger partial charge in [-0.25, -0.2) is 9.78 Å². The lowest BCUT2D eigenvalue weighted by Crippen LogP contribution is -2.38. The molecule has 0 radical (unpaired) electrons. The summed E-state index contributed by atoms with van der Waals surface area (Å²) in [5, 5.41) is 16.1. The number of nitrogens with one attached hydrogen (secondary N) is 4. The van der Waals surface area contributed by atoms with Gasteiger partial charge in [-0.1, -0.05) is 6.07 Å². The number of carbonyl (C=O) groups excluding carboxylic acids is 1. The minimum absolute atomic E-state index is 0.144. The van der Waals surface area contributed by atoms with Gasteiger partial charge in [0.15, 0.2) is 5.13 Å². The summed E-state index contributed by atoms with van der Waals surface area (Å²) < 4.78 is 5.08. The van der Waals surface area contributed by atoms with Crippen LogP contribution in [0.5, 0.6) is 5.75 Å². The first-order chi connectivity index (χ1) is 10.5. The summed E-state index contributed by atoms with van der Waals surface area (Å²) >= 11 is 1.43. The molecule has 0 aliphatic heterocycles. The van der Waals surface area contributed by atoms with Crippen molar-refractivity contribution in [2.24, 2.45) is 0 Å². The van der Waals surface area contributed by atoms with Gasteiger partial charge in [0.25, 0.3) is 0 Å². The van der Waals surface area contributed by atoms with Crippen molar-refractivity contribution in [3.63, 3.8) is 0 Å². The number of hydrogen-bond donors (Lipinski definition) is 4. The van der Waals surface area contributed by atoms with Crippen molar-refractivity contribution in [1.29, 1.82) is 5.41 Å². The van der Waals surface area contributed by atoms with E-state index < -0.39 is 6.03 Å². The number of thiazole rings is 1. The summed E-state index contributed by atoms with van der Waals surface area (Å²) in [5.41, 5.74) is 1.48. The van der Waals surface area contributed by atoms with Gasteiger partial charge in [-0.3, -0.25) is 10.7 Å². The van der Waals surface area contributed by atoms with E-state index in [-0.39, 0.29) is 5.96 Å². The second kappa shape index (κ2) is 6.90. The zero-order chi connectivity index (χ0) is 16.1. The van der Waals surface area contributed by atoms with Crippen molar-refractivity contribution in [1.82, 2.24) is 10.3 Å². The first-order valence-corrected chi connectivity index (χ1v) is 7.31. The highest BCUT2D eigenvalue weighted by molar-refractivity contribution is 7.15. The van der Waals surface area contributed by atoms with Gasteiger partial charge in [0.05, 0.1) is 12.8 Å². The van der Waals surface area contributed by atoms with E-state index in [4.69, 9.17) is 10.1 Å². The maximum absolute atomic E-state index is 11.8. The van der Waals surface area contributed by atoms with Gasteiger partial charge < -0.3 is 15.4 Å². The molecule has 2 amide bonds. The van der Waals surface area contributed by atoms with E-state index in [9.17, 15) is 4.79 Å². The number of methoxy groups -OCH3 is 1. The molecular weight excluding hydrogens is 302 g/mol. The van der Waals surface area contributed by atoms with Crippen LogP contribution < -0.4 is 20.7 Å². The minimum Gasteiger partial charge on any atom is -0.497 e. The predicted molar refractivity (Wildman–Crippen MR) is 88.1 cm³/mol. The van der Waals surface area contributed by atoms with E-state index in [1.807, 2.05) is 13.8 Å². The molecule has 0 saturated carbocycles. The summed E-state index contributed by atoms with van der Waals surface area (Å²) in [4.78, 5) is 17.1. The highest BCUT2D eigenvalue weighted by Crippen LogP contribution is 2.20. The van der Waals surface area contributed by atoms with Crippen LogP contribution in [0.4, 0.5) is 15.6 Å². The fraction of sp³-hybridized carbons (Fsp3) is 0.214. The molecule has 0 aliphatic carbocycles. The number of benzene rings is 1. The van der Waals surface area contributed by atoms with Crippen molar-refractivity contribution < 1.29 is 9.53 Å². The summed E-state index contributed by atoms with van der Waals surface area (Å²) in [6.07, 6.45) is 0. The molecule has 0 spiro atoms. The Balaban J connectivity index is 1.89. The number of rotatable bonds is 3. The Bertz CT molecular complexity index is 679. The van der Waals surface area contributed by atoms with E-state index in [1.54, 1.807) is 31.4 Å². The van der Waals surface area contributed by atoms with Crippen LogP contribution in [0, 0.1) is 19.3 Å². The average molecular weight is 319 g/mol. The van der Waals surface area contributed by atoms with Gasteiger partial charge in [0.2, 0.25) is 5.96 Å². The molecule has 116 valence electrons. The minimum atomic E-state index is -0.518. The van der Waals surface area contributed by atoms with Gasteiger partial charge in [-0.15, -0.1) is 11.3 Å². The molecule has 0 fully saturated rings. The fourth-order valence-electron chi connectivity index (χ4n) is 1.64. The number of anilines is 2. The Morgan fingerprint density at radius 1 is 1.32 bits per heavy atom. The maximum atomic E-state index is 11.8. The fourth-order valence-corrected chi connectivity index (χ4v) is 2.46. The first-order valence-electron chi connectivity index (χ1n) is 6.49. The molecule has 1 aromatic heterocycles. The lowest BCUT2D eigenvalue weighted by Gasteiger charge is -2.09. The Kier molecular flexibility index (Phi) is 4.95. The number of hydrogen-bond acceptors (Lipinski definition) is 5. The molecule has 8 heteroatoms. The Labute approximate surface area is 132 Å². The molecule has 7 nitrogen and oxygen atoms in total. The number of carbonyl (C=O) groups is 1. The molecule has 22 heavy (non-hydrogen) atoms. The quantitative estimate of drug-likeness (QED) is 0.516. The summed E-state index contributed by atoms with van der Waals surface area (Å²) in [7, 11) is 1.55. The van der Waals surface area contributed by atoms with E-state index in [1.165, 1.54) is 11.3 Å². The van der Waals surface area contributed by atoms with Crippen LogP contribution in [0.3, 0.4) is 0 Å².